The Bertz CT molecular complexity index is 1770. The summed E-state index contributed by atoms with van der Waals surface area (Å²) in [6.45, 7) is 9.53. The van der Waals surface area contributed by atoms with Gasteiger partial charge in [-0.15, -0.1) is 0 Å². The largest absolute Gasteiger partial charge is 0.472 e. The number of esters is 4. The quantitative estimate of drug-likeness (QED) is 0.0222. The lowest BCUT2D eigenvalue weighted by Crippen LogP contribution is -2.30. The SMILES string of the molecule is CCCCCCCCCCCCCCCC(=O)OC[C@H](COP(=O)(O)OC[C@@H](O)COP(=O)(O)OC[C@@H](COC(=O)CCCCCCCCC)OC(=O)CCCCCCCCCCCC(C)C)OC(=O)CCCCCCCCCCCCCCCCCCC(C)C. The lowest BCUT2D eigenvalue weighted by Gasteiger charge is -2.21. The first kappa shape index (κ1) is 89.1. The van der Waals surface area contributed by atoms with Gasteiger partial charge in [-0.25, -0.2) is 9.13 Å². The van der Waals surface area contributed by atoms with Crippen molar-refractivity contribution in [3.63, 3.8) is 0 Å². The van der Waals surface area contributed by atoms with Crippen LogP contribution in [0.1, 0.15) is 369 Å². The van der Waals surface area contributed by atoms with Crippen molar-refractivity contribution in [2.24, 2.45) is 11.8 Å². The third-order valence-electron chi connectivity index (χ3n) is 16.7. The summed E-state index contributed by atoms with van der Waals surface area (Å²) in [5.74, 6) is -0.579. The van der Waals surface area contributed by atoms with Gasteiger partial charge in [0.05, 0.1) is 26.4 Å². The minimum Gasteiger partial charge on any atom is -0.462 e. The number of hydrogen-bond acceptors (Lipinski definition) is 15. The number of phosphoric ester groups is 2. The molecule has 0 radical (unpaired) electrons. The van der Waals surface area contributed by atoms with Gasteiger partial charge in [-0.1, -0.05) is 318 Å². The second-order valence-corrected chi connectivity index (χ2v) is 29.8. The van der Waals surface area contributed by atoms with Crippen LogP contribution in [0.4, 0.5) is 0 Å². The Hall–Kier alpha value is -1.94. The zero-order valence-corrected chi connectivity index (χ0v) is 60.9. The number of aliphatic hydroxyl groups excluding tert-OH is 1. The van der Waals surface area contributed by atoms with Gasteiger partial charge >= 0.3 is 39.5 Å². The van der Waals surface area contributed by atoms with Crippen molar-refractivity contribution < 1.29 is 80.2 Å². The van der Waals surface area contributed by atoms with E-state index in [4.69, 9.17) is 37.0 Å². The highest BCUT2D eigenvalue weighted by molar-refractivity contribution is 7.47. The Kier molecular flexibility index (Phi) is 62.7. The van der Waals surface area contributed by atoms with Gasteiger partial charge in [-0.2, -0.15) is 0 Å². The van der Waals surface area contributed by atoms with E-state index in [0.717, 1.165) is 115 Å². The average Bonchev–Trinajstić information content (AvgIpc) is 3.28. The molecule has 0 spiro atoms. The van der Waals surface area contributed by atoms with Gasteiger partial charge in [-0.05, 0) is 37.5 Å². The van der Waals surface area contributed by atoms with Gasteiger partial charge in [0.15, 0.2) is 12.2 Å². The van der Waals surface area contributed by atoms with Gasteiger partial charge in [0.25, 0.3) is 0 Å². The molecule has 5 atom stereocenters. The molecule has 0 saturated heterocycles. The lowest BCUT2D eigenvalue weighted by molar-refractivity contribution is -0.161. The molecule has 0 bridgehead atoms. The Morgan fingerprint density at radius 2 is 0.505 bits per heavy atom. The highest BCUT2D eigenvalue weighted by Gasteiger charge is 2.30. The van der Waals surface area contributed by atoms with Crippen LogP contribution in [0.15, 0.2) is 0 Å². The molecule has 0 aliphatic carbocycles. The molecule has 0 rings (SSSR count). The van der Waals surface area contributed by atoms with Crippen LogP contribution in [-0.2, 0) is 65.4 Å². The van der Waals surface area contributed by atoms with Crippen molar-refractivity contribution >= 4 is 39.5 Å². The molecule has 540 valence electrons. The summed E-state index contributed by atoms with van der Waals surface area (Å²) in [4.78, 5) is 72.5. The van der Waals surface area contributed by atoms with E-state index in [0.29, 0.717) is 25.7 Å². The van der Waals surface area contributed by atoms with Crippen molar-refractivity contribution in [1.29, 1.82) is 0 Å². The molecule has 91 heavy (non-hydrogen) atoms. The molecule has 0 saturated carbocycles. The molecule has 0 aromatic heterocycles. The fourth-order valence-electron chi connectivity index (χ4n) is 10.9. The Balaban J connectivity index is 5.18. The van der Waals surface area contributed by atoms with Crippen molar-refractivity contribution in [3.05, 3.63) is 0 Å². The van der Waals surface area contributed by atoms with E-state index < -0.39 is 97.5 Å². The minimum absolute atomic E-state index is 0.105. The summed E-state index contributed by atoms with van der Waals surface area (Å²) < 4.78 is 68.3. The van der Waals surface area contributed by atoms with E-state index in [2.05, 4.69) is 41.5 Å². The van der Waals surface area contributed by atoms with Gasteiger partial charge in [0.1, 0.15) is 19.3 Å². The molecule has 3 N–H and O–H groups in total. The first-order valence-corrected chi connectivity index (χ1v) is 40.5. The zero-order chi connectivity index (χ0) is 67.2. The van der Waals surface area contributed by atoms with Crippen molar-refractivity contribution in [2.45, 2.75) is 387 Å². The van der Waals surface area contributed by atoms with Gasteiger partial charge in [-0.3, -0.25) is 37.3 Å². The molecular formula is C72H140O17P2. The summed E-state index contributed by atoms with van der Waals surface area (Å²) in [6, 6.07) is 0. The van der Waals surface area contributed by atoms with E-state index in [1.807, 2.05) is 0 Å². The number of aliphatic hydroxyl groups is 1. The molecular weight excluding hydrogens is 1200 g/mol. The summed E-state index contributed by atoms with van der Waals surface area (Å²) in [5, 5.41) is 10.6. The lowest BCUT2D eigenvalue weighted by atomic mass is 10.0. The Morgan fingerprint density at radius 1 is 0.297 bits per heavy atom. The number of unbranched alkanes of at least 4 members (excludes halogenated alkanes) is 41. The molecule has 19 heteroatoms. The number of phosphoric acid groups is 2. The molecule has 0 amide bonds. The molecule has 0 aliphatic heterocycles. The zero-order valence-electron chi connectivity index (χ0n) is 59.1. The number of carbonyl (C=O) groups is 4. The topological polar surface area (TPSA) is 237 Å². The molecule has 0 fully saturated rings. The molecule has 0 heterocycles. The first-order chi connectivity index (χ1) is 43.9. The number of hydrogen-bond donors (Lipinski definition) is 3. The second-order valence-electron chi connectivity index (χ2n) is 26.9. The highest BCUT2D eigenvalue weighted by atomic mass is 31.2. The monoisotopic (exact) mass is 1340 g/mol. The van der Waals surface area contributed by atoms with Crippen LogP contribution in [0.5, 0.6) is 0 Å². The van der Waals surface area contributed by atoms with E-state index in [9.17, 15) is 43.2 Å². The van der Waals surface area contributed by atoms with E-state index in [-0.39, 0.29) is 25.7 Å². The third-order valence-corrected chi connectivity index (χ3v) is 18.6. The molecule has 2 unspecified atom stereocenters. The van der Waals surface area contributed by atoms with Crippen LogP contribution in [0.3, 0.4) is 0 Å². The summed E-state index contributed by atoms with van der Waals surface area (Å²) >= 11 is 0. The standard InChI is InChI=1S/C72H140O17P2/c1-7-9-11-13-15-16-17-22-26-31-37-43-49-55-70(75)83-61-68(89-71(76)56-50-44-38-32-27-24-21-19-18-20-23-25-29-35-40-46-52-64(3)4)63-87-91(80,81)85-59-66(73)58-84-90(78,79)86-62-67(60-82-69(74)54-48-42-34-14-12-10-8-2)88-72(77)57-51-45-39-33-28-30-36-41-47-53-65(5)6/h64-68,73H,7-63H2,1-6H3,(H,78,79)(H,80,81)/t66-,67+,68+/m0/s1. The van der Waals surface area contributed by atoms with E-state index in [1.165, 1.54) is 173 Å². The summed E-state index contributed by atoms with van der Waals surface area (Å²) in [7, 11) is -9.90. The highest BCUT2D eigenvalue weighted by Crippen LogP contribution is 2.45. The number of rotatable bonds is 71. The molecule has 0 aromatic rings. The van der Waals surface area contributed by atoms with Crippen molar-refractivity contribution in [2.75, 3.05) is 39.6 Å². The van der Waals surface area contributed by atoms with Gasteiger partial charge in [0.2, 0.25) is 0 Å². The summed E-state index contributed by atoms with van der Waals surface area (Å²) in [5.41, 5.74) is 0. The van der Waals surface area contributed by atoms with Crippen molar-refractivity contribution in [3.8, 4) is 0 Å². The van der Waals surface area contributed by atoms with Crippen molar-refractivity contribution in [1.82, 2.24) is 0 Å². The molecule has 0 aromatic carbocycles. The molecule has 0 aliphatic rings. The first-order valence-electron chi connectivity index (χ1n) is 37.5. The maximum atomic E-state index is 13.0. The second kappa shape index (κ2) is 64.1. The van der Waals surface area contributed by atoms with Crippen LogP contribution in [0, 0.1) is 11.8 Å². The van der Waals surface area contributed by atoms with Crippen LogP contribution in [0.2, 0.25) is 0 Å². The third kappa shape index (κ3) is 66.5. The van der Waals surface area contributed by atoms with Gasteiger partial charge < -0.3 is 33.8 Å². The minimum atomic E-state index is -4.95. The normalized spacial score (nSPS) is 14.1. The number of carbonyl (C=O) groups excluding carboxylic acids is 4. The predicted molar refractivity (Wildman–Crippen MR) is 368 cm³/mol. The van der Waals surface area contributed by atoms with Crippen LogP contribution >= 0.6 is 15.6 Å². The van der Waals surface area contributed by atoms with E-state index in [1.54, 1.807) is 0 Å². The Labute approximate surface area is 556 Å². The summed E-state index contributed by atoms with van der Waals surface area (Å²) in [6.07, 6.45) is 50.1. The molecule has 17 nitrogen and oxygen atoms in total. The van der Waals surface area contributed by atoms with Crippen LogP contribution in [-0.4, -0.2) is 96.7 Å². The number of ether oxygens (including phenoxy) is 4. The maximum Gasteiger partial charge on any atom is 0.472 e. The predicted octanol–water partition coefficient (Wildman–Crippen LogP) is 20.8. The van der Waals surface area contributed by atoms with Gasteiger partial charge in [0, 0.05) is 25.7 Å². The van der Waals surface area contributed by atoms with Crippen LogP contribution in [0.25, 0.3) is 0 Å². The fourth-order valence-corrected chi connectivity index (χ4v) is 12.5. The van der Waals surface area contributed by atoms with E-state index >= 15 is 0 Å². The smallest absolute Gasteiger partial charge is 0.462 e. The Morgan fingerprint density at radius 3 is 0.747 bits per heavy atom. The fraction of sp³-hybridized carbons (Fsp3) is 0.944. The maximum absolute atomic E-state index is 13.0. The van der Waals surface area contributed by atoms with Crippen LogP contribution < -0.4 is 0 Å². The average molecular weight is 1340 g/mol.